The molecule has 5 nitrogen and oxygen atoms in total. The first-order chi connectivity index (χ1) is 9.25. The van der Waals surface area contributed by atoms with Crippen molar-refractivity contribution < 1.29 is 9.53 Å². The van der Waals surface area contributed by atoms with Gasteiger partial charge in [-0.25, -0.2) is 0 Å². The molecule has 5 heteroatoms. The Bertz CT molecular complexity index is 400. The molecule has 19 heavy (non-hydrogen) atoms. The van der Waals surface area contributed by atoms with Crippen LogP contribution in [0.1, 0.15) is 12.0 Å². The summed E-state index contributed by atoms with van der Waals surface area (Å²) in [7, 11) is 0. The highest BCUT2D eigenvalue weighted by Crippen LogP contribution is 2.16. The Morgan fingerprint density at radius 3 is 2.58 bits per heavy atom. The minimum absolute atomic E-state index is 0.268. The molecule has 0 bridgehead atoms. The molecule has 0 unspecified atom stereocenters. The standard InChI is InChI=1S/C14H21N3O2/c15-14(18)5-6-16-11-12-1-3-13(4-2-12)17-7-9-19-10-8-17/h1-4,16H,5-11H2,(H2,15,18). The normalized spacial score (nSPS) is 15.5. The Hall–Kier alpha value is -1.59. The summed E-state index contributed by atoms with van der Waals surface area (Å²) in [5.41, 5.74) is 7.53. The van der Waals surface area contributed by atoms with Crippen LogP contribution >= 0.6 is 0 Å². The highest BCUT2D eigenvalue weighted by atomic mass is 16.5. The number of morpholine rings is 1. The van der Waals surface area contributed by atoms with Gasteiger partial charge in [-0.1, -0.05) is 12.1 Å². The molecule has 0 saturated carbocycles. The smallest absolute Gasteiger partial charge is 0.218 e. The second kappa shape index (κ2) is 7.11. The van der Waals surface area contributed by atoms with E-state index in [1.165, 1.54) is 11.3 Å². The van der Waals surface area contributed by atoms with Gasteiger partial charge in [0.25, 0.3) is 0 Å². The number of nitrogens with two attached hydrogens (primary N) is 1. The molecular formula is C14H21N3O2. The van der Waals surface area contributed by atoms with Crippen LogP contribution in [0.4, 0.5) is 5.69 Å². The van der Waals surface area contributed by atoms with Crippen molar-refractivity contribution in [1.82, 2.24) is 5.32 Å². The van der Waals surface area contributed by atoms with Crippen LogP contribution in [-0.4, -0.2) is 38.8 Å². The van der Waals surface area contributed by atoms with E-state index in [2.05, 4.69) is 34.5 Å². The summed E-state index contributed by atoms with van der Waals surface area (Å²) in [6, 6.07) is 8.50. The molecule has 3 N–H and O–H groups in total. The zero-order chi connectivity index (χ0) is 13.5. The largest absolute Gasteiger partial charge is 0.378 e. The molecule has 2 rings (SSSR count). The zero-order valence-electron chi connectivity index (χ0n) is 11.1. The van der Waals surface area contributed by atoms with Crippen molar-refractivity contribution in [3.8, 4) is 0 Å². The van der Waals surface area contributed by atoms with Crippen molar-refractivity contribution in [3.05, 3.63) is 29.8 Å². The minimum Gasteiger partial charge on any atom is -0.378 e. The molecule has 104 valence electrons. The molecule has 0 atom stereocenters. The minimum atomic E-state index is -0.268. The third-order valence-electron chi connectivity index (χ3n) is 3.19. The number of carbonyl (C=O) groups excluding carboxylic acids is 1. The number of ether oxygens (including phenoxy) is 1. The first-order valence-corrected chi connectivity index (χ1v) is 6.66. The summed E-state index contributed by atoms with van der Waals surface area (Å²) in [4.78, 5) is 12.9. The average molecular weight is 263 g/mol. The molecule has 1 heterocycles. The number of carbonyl (C=O) groups is 1. The number of primary amides is 1. The number of rotatable bonds is 6. The second-order valence-corrected chi connectivity index (χ2v) is 4.66. The lowest BCUT2D eigenvalue weighted by Gasteiger charge is -2.28. The van der Waals surface area contributed by atoms with Crippen molar-refractivity contribution in [2.45, 2.75) is 13.0 Å². The SMILES string of the molecule is NC(=O)CCNCc1ccc(N2CCOCC2)cc1. The second-order valence-electron chi connectivity index (χ2n) is 4.66. The topological polar surface area (TPSA) is 67.6 Å². The predicted octanol–water partition coefficient (Wildman–Crippen LogP) is 0.488. The summed E-state index contributed by atoms with van der Waals surface area (Å²) in [5, 5.41) is 3.20. The van der Waals surface area contributed by atoms with Crippen LogP contribution in [-0.2, 0) is 16.1 Å². The van der Waals surface area contributed by atoms with Crippen molar-refractivity contribution in [2.24, 2.45) is 5.73 Å². The summed E-state index contributed by atoms with van der Waals surface area (Å²) in [6.07, 6.45) is 0.381. The highest BCUT2D eigenvalue weighted by Gasteiger charge is 2.10. The molecule has 1 saturated heterocycles. The maximum absolute atomic E-state index is 10.6. The van der Waals surface area contributed by atoms with Crippen LogP contribution < -0.4 is 16.0 Å². The quantitative estimate of drug-likeness (QED) is 0.733. The average Bonchev–Trinajstić information content (AvgIpc) is 2.45. The number of nitrogens with one attached hydrogen (secondary N) is 1. The van der Waals surface area contributed by atoms with E-state index in [0.717, 1.165) is 32.8 Å². The highest BCUT2D eigenvalue weighted by molar-refractivity contribution is 5.73. The van der Waals surface area contributed by atoms with Gasteiger partial charge in [0.1, 0.15) is 0 Å². The van der Waals surface area contributed by atoms with Gasteiger partial charge in [-0.2, -0.15) is 0 Å². The fourth-order valence-corrected chi connectivity index (χ4v) is 2.09. The molecule has 1 aromatic rings. The van der Waals surface area contributed by atoms with Crippen LogP contribution in [0, 0.1) is 0 Å². The van der Waals surface area contributed by atoms with E-state index in [0.29, 0.717) is 13.0 Å². The number of hydrogen-bond acceptors (Lipinski definition) is 4. The first kappa shape index (κ1) is 13.8. The van der Waals surface area contributed by atoms with Gasteiger partial charge >= 0.3 is 0 Å². The summed E-state index contributed by atoms with van der Waals surface area (Å²) >= 11 is 0. The maximum Gasteiger partial charge on any atom is 0.218 e. The van der Waals surface area contributed by atoms with E-state index >= 15 is 0 Å². The van der Waals surface area contributed by atoms with Gasteiger partial charge in [0.2, 0.25) is 5.91 Å². The maximum atomic E-state index is 10.6. The number of hydrogen-bond donors (Lipinski definition) is 2. The number of anilines is 1. The van der Waals surface area contributed by atoms with Crippen molar-refractivity contribution >= 4 is 11.6 Å². The van der Waals surface area contributed by atoms with Gasteiger partial charge in [-0.3, -0.25) is 4.79 Å². The lowest BCUT2D eigenvalue weighted by Crippen LogP contribution is -2.36. The third-order valence-corrected chi connectivity index (χ3v) is 3.19. The van der Waals surface area contributed by atoms with Gasteiger partial charge in [0, 0.05) is 38.3 Å². The third kappa shape index (κ3) is 4.54. The van der Waals surface area contributed by atoms with Gasteiger partial charge in [-0.05, 0) is 17.7 Å². The molecule has 1 aromatic carbocycles. The molecule has 1 fully saturated rings. The fourth-order valence-electron chi connectivity index (χ4n) is 2.09. The number of benzene rings is 1. The first-order valence-electron chi connectivity index (χ1n) is 6.66. The zero-order valence-corrected chi connectivity index (χ0v) is 11.1. The van der Waals surface area contributed by atoms with E-state index in [9.17, 15) is 4.79 Å². The van der Waals surface area contributed by atoms with Gasteiger partial charge < -0.3 is 20.7 Å². The lowest BCUT2D eigenvalue weighted by molar-refractivity contribution is -0.117. The summed E-state index contributed by atoms with van der Waals surface area (Å²) in [6.45, 7) is 4.90. The molecule has 0 spiro atoms. The van der Waals surface area contributed by atoms with Gasteiger partial charge in [0.05, 0.1) is 13.2 Å². The Morgan fingerprint density at radius 1 is 1.26 bits per heavy atom. The van der Waals surface area contributed by atoms with Gasteiger partial charge in [-0.15, -0.1) is 0 Å². The molecule has 1 aliphatic heterocycles. The van der Waals surface area contributed by atoms with E-state index in [1.54, 1.807) is 0 Å². The van der Waals surface area contributed by atoms with Gasteiger partial charge in [0.15, 0.2) is 0 Å². The van der Waals surface area contributed by atoms with Crippen molar-refractivity contribution in [1.29, 1.82) is 0 Å². The van der Waals surface area contributed by atoms with Crippen LogP contribution in [0.2, 0.25) is 0 Å². The van der Waals surface area contributed by atoms with E-state index in [4.69, 9.17) is 10.5 Å². The molecule has 1 amide bonds. The lowest BCUT2D eigenvalue weighted by atomic mass is 10.2. The number of amides is 1. The van der Waals surface area contributed by atoms with Crippen LogP contribution in [0.3, 0.4) is 0 Å². The Balaban J connectivity index is 1.79. The van der Waals surface area contributed by atoms with E-state index in [-0.39, 0.29) is 5.91 Å². The summed E-state index contributed by atoms with van der Waals surface area (Å²) in [5.74, 6) is -0.268. The van der Waals surface area contributed by atoms with E-state index < -0.39 is 0 Å². The van der Waals surface area contributed by atoms with Crippen molar-refractivity contribution in [2.75, 3.05) is 37.7 Å². The molecule has 1 aliphatic rings. The fraction of sp³-hybridized carbons (Fsp3) is 0.500. The van der Waals surface area contributed by atoms with Crippen molar-refractivity contribution in [3.63, 3.8) is 0 Å². The Kier molecular flexibility index (Phi) is 5.18. The van der Waals surface area contributed by atoms with E-state index in [1.807, 2.05) is 0 Å². The monoisotopic (exact) mass is 263 g/mol. The van der Waals surface area contributed by atoms with Crippen LogP contribution in [0.25, 0.3) is 0 Å². The number of nitrogens with zero attached hydrogens (tertiary/aromatic N) is 1. The predicted molar refractivity (Wildman–Crippen MR) is 75.0 cm³/mol. The molecule has 0 aliphatic carbocycles. The Morgan fingerprint density at radius 2 is 1.95 bits per heavy atom. The molecule has 0 aromatic heterocycles. The molecule has 0 radical (unpaired) electrons. The molecular weight excluding hydrogens is 242 g/mol. The van der Waals surface area contributed by atoms with Crippen LogP contribution in [0.15, 0.2) is 24.3 Å². The Labute approximate surface area is 113 Å². The van der Waals surface area contributed by atoms with Crippen LogP contribution in [0.5, 0.6) is 0 Å². The summed E-state index contributed by atoms with van der Waals surface area (Å²) < 4.78 is 5.34.